The lowest BCUT2D eigenvalue weighted by Crippen LogP contribution is -2.19. The van der Waals surface area contributed by atoms with E-state index in [1.54, 1.807) is 0 Å². The number of hydrogen-bond donors (Lipinski definition) is 0. The van der Waals surface area contributed by atoms with Crippen molar-refractivity contribution in [3.8, 4) is 0 Å². The summed E-state index contributed by atoms with van der Waals surface area (Å²) in [4.78, 5) is 20.2. The Balaban J connectivity index is 2.20. The van der Waals surface area contributed by atoms with Gasteiger partial charge in [-0.05, 0) is 12.8 Å². The van der Waals surface area contributed by atoms with Gasteiger partial charge in [0.1, 0.15) is 0 Å². The first-order valence-corrected chi connectivity index (χ1v) is 3.93. The van der Waals surface area contributed by atoms with Crippen LogP contribution in [0.1, 0.15) is 19.3 Å². The van der Waals surface area contributed by atoms with Crippen molar-refractivity contribution >= 4 is 5.78 Å². The molecule has 0 N–H and O–H groups in total. The van der Waals surface area contributed by atoms with Gasteiger partial charge < -0.3 is 4.74 Å². The largest absolute Gasteiger partial charge is 0.378 e. The summed E-state index contributed by atoms with van der Waals surface area (Å²) in [5, 5.41) is 9.93. The second-order valence-electron chi connectivity index (χ2n) is 2.87. The minimum absolute atomic E-state index is 0.0718. The Morgan fingerprint density at radius 1 is 1.67 bits per heavy atom. The lowest BCUT2D eigenvalue weighted by molar-refractivity contribution is -0.467. The molecule has 12 heavy (non-hydrogen) atoms. The number of ether oxygens (including phenoxy) is 1. The van der Waals surface area contributed by atoms with Crippen LogP contribution in [0.2, 0.25) is 0 Å². The number of Topliss-reactive ketones (excluding diaryl/α,β-unsaturated/α-hetero) is 1. The number of carbonyl (C=O) groups is 1. The zero-order chi connectivity index (χ0) is 8.97. The van der Waals surface area contributed by atoms with Gasteiger partial charge in [0.2, 0.25) is 5.78 Å². The second kappa shape index (κ2) is 4.15. The number of hydrogen-bond acceptors (Lipinski definition) is 4. The number of nitro groups is 1. The highest BCUT2D eigenvalue weighted by molar-refractivity contribution is 5.79. The molecule has 0 bridgehead atoms. The molecule has 0 amide bonds. The molecule has 1 atom stereocenters. The molecule has 1 rings (SSSR count). The maximum absolute atomic E-state index is 10.9. The summed E-state index contributed by atoms with van der Waals surface area (Å²) in [6.45, 7) is 0.107. The van der Waals surface area contributed by atoms with Crippen LogP contribution >= 0.6 is 0 Å². The molecule has 1 heterocycles. The zero-order valence-electron chi connectivity index (χ0n) is 6.69. The lowest BCUT2D eigenvalue weighted by atomic mass is 10.1. The Kier molecular flexibility index (Phi) is 3.16. The van der Waals surface area contributed by atoms with E-state index in [2.05, 4.69) is 0 Å². The van der Waals surface area contributed by atoms with Crippen molar-refractivity contribution in [3.63, 3.8) is 0 Å². The highest BCUT2D eigenvalue weighted by Crippen LogP contribution is 2.15. The molecule has 0 aromatic heterocycles. The summed E-state index contributed by atoms with van der Waals surface area (Å²) < 4.78 is 5.16. The topological polar surface area (TPSA) is 69.4 Å². The molecule has 0 radical (unpaired) electrons. The molecule has 0 aromatic rings. The minimum Gasteiger partial charge on any atom is -0.378 e. The van der Waals surface area contributed by atoms with Crippen LogP contribution in [-0.2, 0) is 9.53 Å². The van der Waals surface area contributed by atoms with E-state index in [-0.39, 0.29) is 18.3 Å². The fourth-order valence-electron chi connectivity index (χ4n) is 1.27. The third-order valence-electron chi connectivity index (χ3n) is 1.78. The maximum atomic E-state index is 10.9. The van der Waals surface area contributed by atoms with Crippen molar-refractivity contribution in [1.82, 2.24) is 0 Å². The monoisotopic (exact) mass is 173 g/mol. The Morgan fingerprint density at radius 3 is 2.92 bits per heavy atom. The first-order chi connectivity index (χ1) is 5.68. The first-order valence-electron chi connectivity index (χ1n) is 3.93. The summed E-state index contributed by atoms with van der Waals surface area (Å²) in [7, 11) is 0. The average molecular weight is 173 g/mol. The summed E-state index contributed by atoms with van der Waals surface area (Å²) in [6.07, 6.45) is 1.93. The molecule has 0 spiro atoms. The van der Waals surface area contributed by atoms with Crippen LogP contribution in [-0.4, -0.2) is 30.0 Å². The first kappa shape index (κ1) is 9.12. The standard InChI is InChI=1S/C7H11NO4/c9-6(5-8(10)11)4-7-2-1-3-12-7/h7H,1-5H2. The van der Waals surface area contributed by atoms with E-state index in [0.29, 0.717) is 6.61 Å². The van der Waals surface area contributed by atoms with E-state index in [9.17, 15) is 14.9 Å². The highest BCUT2D eigenvalue weighted by Gasteiger charge is 2.21. The van der Waals surface area contributed by atoms with Gasteiger partial charge in [0.25, 0.3) is 6.54 Å². The van der Waals surface area contributed by atoms with E-state index >= 15 is 0 Å². The third kappa shape index (κ3) is 2.96. The Hall–Kier alpha value is -0.970. The normalized spacial score (nSPS) is 22.5. The summed E-state index contributed by atoms with van der Waals surface area (Å²) in [5.41, 5.74) is 0. The van der Waals surface area contributed by atoms with Crippen molar-refractivity contribution in [1.29, 1.82) is 0 Å². The van der Waals surface area contributed by atoms with Gasteiger partial charge in [-0.3, -0.25) is 14.9 Å². The van der Waals surface area contributed by atoms with Gasteiger partial charge in [-0.15, -0.1) is 0 Å². The predicted molar refractivity (Wildman–Crippen MR) is 40.5 cm³/mol. The predicted octanol–water partition coefficient (Wildman–Crippen LogP) is 0.401. The van der Waals surface area contributed by atoms with Gasteiger partial charge >= 0.3 is 0 Å². The van der Waals surface area contributed by atoms with Gasteiger partial charge in [0.05, 0.1) is 6.10 Å². The van der Waals surface area contributed by atoms with E-state index in [1.807, 2.05) is 0 Å². The smallest absolute Gasteiger partial charge is 0.261 e. The van der Waals surface area contributed by atoms with Gasteiger partial charge in [-0.25, -0.2) is 0 Å². The van der Waals surface area contributed by atoms with Crippen LogP contribution < -0.4 is 0 Å². The second-order valence-corrected chi connectivity index (χ2v) is 2.87. The number of rotatable bonds is 4. The van der Waals surface area contributed by atoms with Crippen LogP contribution in [0.4, 0.5) is 0 Å². The third-order valence-corrected chi connectivity index (χ3v) is 1.78. The fourth-order valence-corrected chi connectivity index (χ4v) is 1.27. The summed E-state index contributed by atoms with van der Waals surface area (Å²) in [5.74, 6) is -0.341. The molecule has 1 fully saturated rings. The SMILES string of the molecule is O=C(CC1CCCO1)C[N+](=O)[O-]. The quantitative estimate of drug-likeness (QED) is 0.455. The molecule has 1 unspecified atom stereocenters. The van der Waals surface area contributed by atoms with Gasteiger partial charge in [0.15, 0.2) is 0 Å². The zero-order valence-corrected chi connectivity index (χ0v) is 6.69. The number of carbonyl (C=O) groups excluding carboxylic acids is 1. The van der Waals surface area contributed by atoms with Crippen LogP contribution in [0.15, 0.2) is 0 Å². The van der Waals surface area contributed by atoms with Crippen molar-refractivity contribution in [2.75, 3.05) is 13.2 Å². The van der Waals surface area contributed by atoms with Crippen molar-refractivity contribution in [2.45, 2.75) is 25.4 Å². The highest BCUT2D eigenvalue weighted by atomic mass is 16.6. The molecule has 0 aromatic carbocycles. The summed E-state index contributed by atoms with van der Waals surface area (Å²) >= 11 is 0. The Morgan fingerprint density at radius 2 is 2.42 bits per heavy atom. The van der Waals surface area contributed by atoms with E-state index in [4.69, 9.17) is 4.74 Å². The van der Waals surface area contributed by atoms with Gasteiger partial charge in [-0.2, -0.15) is 0 Å². The molecule has 1 aliphatic heterocycles. The number of nitrogens with zero attached hydrogens (tertiary/aromatic N) is 1. The Labute approximate surface area is 69.9 Å². The molecule has 5 nitrogen and oxygen atoms in total. The van der Waals surface area contributed by atoms with E-state index in [1.165, 1.54) is 0 Å². The molecule has 0 saturated carbocycles. The molecule has 5 heteroatoms. The fraction of sp³-hybridized carbons (Fsp3) is 0.857. The molecule has 1 saturated heterocycles. The van der Waals surface area contributed by atoms with Crippen LogP contribution in [0.5, 0.6) is 0 Å². The molecule has 68 valence electrons. The van der Waals surface area contributed by atoms with E-state index < -0.39 is 11.5 Å². The molecule has 1 aliphatic rings. The molecular weight excluding hydrogens is 162 g/mol. The van der Waals surface area contributed by atoms with Gasteiger partial charge in [-0.1, -0.05) is 0 Å². The van der Waals surface area contributed by atoms with Crippen molar-refractivity contribution in [2.24, 2.45) is 0 Å². The number of ketones is 1. The summed E-state index contributed by atoms with van der Waals surface area (Å²) in [6, 6.07) is 0. The van der Waals surface area contributed by atoms with Crippen LogP contribution in [0.3, 0.4) is 0 Å². The van der Waals surface area contributed by atoms with Gasteiger partial charge in [0, 0.05) is 18.0 Å². The van der Waals surface area contributed by atoms with Crippen LogP contribution in [0, 0.1) is 10.1 Å². The molecule has 0 aliphatic carbocycles. The van der Waals surface area contributed by atoms with E-state index in [0.717, 1.165) is 12.8 Å². The Bertz CT molecular complexity index is 186. The maximum Gasteiger partial charge on any atom is 0.261 e. The minimum atomic E-state index is -0.600. The van der Waals surface area contributed by atoms with Crippen molar-refractivity contribution in [3.05, 3.63) is 10.1 Å². The van der Waals surface area contributed by atoms with Crippen LogP contribution in [0.25, 0.3) is 0 Å². The van der Waals surface area contributed by atoms with Crippen molar-refractivity contribution < 1.29 is 14.5 Å². The molecular formula is C7H11NO4. The lowest BCUT2D eigenvalue weighted by Gasteiger charge is -2.04. The average Bonchev–Trinajstić information content (AvgIpc) is 2.37.